The molecule has 3 aromatic rings. The van der Waals surface area contributed by atoms with Gasteiger partial charge < -0.3 is 14.9 Å². The minimum Gasteiger partial charge on any atom is -0.507 e. The maximum atomic E-state index is 12.6. The standard InChI is InChI=1S/C30H34O5/c1-29(2,3)23-16-19(17-24(28(23)34)30(4,5)6)12-15-26(32)35-21-13-14-22(25(31)18-21)27(33)20-10-8-7-9-11-20/h7-11,13-14,16-18,31,34H,12,15H2,1-6H3. The van der Waals surface area contributed by atoms with Gasteiger partial charge in [-0.05, 0) is 46.1 Å². The van der Waals surface area contributed by atoms with Crippen LogP contribution in [0.15, 0.2) is 60.7 Å². The molecule has 0 radical (unpaired) electrons. The zero-order chi connectivity index (χ0) is 26.0. The number of ether oxygens (including phenoxy) is 1. The van der Waals surface area contributed by atoms with Crippen LogP contribution in [-0.2, 0) is 22.0 Å². The van der Waals surface area contributed by atoms with E-state index in [0.717, 1.165) is 16.7 Å². The summed E-state index contributed by atoms with van der Waals surface area (Å²) in [7, 11) is 0. The fraction of sp³-hybridized carbons (Fsp3) is 0.333. The second-order valence-electron chi connectivity index (χ2n) is 10.9. The average molecular weight is 475 g/mol. The Bertz CT molecular complexity index is 1190. The molecule has 5 heteroatoms. The molecule has 0 fully saturated rings. The van der Waals surface area contributed by atoms with Crippen molar-refractivity contribution in [3.8, 4) is 17.2 Å². The first-order valence-electron chi connectivity index (χ1n) is 11.8. The molecule has 0 aliphatic rings. The number of hydrogen-bond acceptors (Lipinski definition) is 5. The number of phenolic OH excluding ortho intramolecular Hbond substituents is 2. The van der Waals surface area contributed by atoms with Crippen LogP contribution in [0, 0.1) is 0 Å². The maximum absolute atomic E-state index is 12.6. The van der Waals surface area contributed by atoms with Crippen LogP contribution in [0.3, 0.4) is 0 Å². The minimum absolute atomic E-state index is 0.128. The average Bonchev–Trinajstić information content (AvgIpc) is 2.77. The highest BCUT2D eigenvalue weighted by Crippen LogP contribution is 2.40. The first-order chi connectivity index (χ1) is 16.3. The van der Waals surface area contributed by atoms with Gasteiger partial charge in [-0.3, -0.25) is 9.59 Å². The third kappa shape index (κ3) is 6.30. The summed E-state index contributed by atoms with van der Waals surface area (Å²) in [6.45, 7) is 12.3. The summed E-state index contributed by atoms with van der Waals surface area (Å²) >= 11 is 0. The van der Waals surface area contributed by atoms with Gasteiger partial charge >= 0.3 is 5.97 Å². The lowest BCUT2D eigenvalue weighted by molar-refractivity contribution is -0.134. The van der Waals surface area contributed by atoms with Gasteiger partial charge in [-0.25, -0.2) is 0 Å². The van der Waals surface area contributed by atoms with E-state index in [1.807, 2.05) is 59.7 Å². The normalized spacial score (nSPS) is 11.8. The molecule has 0 unspecified atom stereocenters. The molecule has 0 amide bonds. The van der Waals surface area contributed by atoms with E-state index in [0.29, 0.717) is 17.7 Å². The Hall–Kier alpha value is -3.60. The lowest BCUT2D eigenvalue weighted by Gasteiger charge is -2.28. The molecule has 35 heavy (non-hydrogen) atoms. The Morgan fingerprint density at radius 3 is 1.89 bits per heavy atom. The molecule has 0 heterocycles. The van der Waals surface area contributed by atoms with Crippen LogP contribution in [-0.4, -0.2) is 22.0 Å². The summed E-state index contributed by atoms with van der Waals surface area (Å²) in [5.74, 6) is -0.523. The number of aromatic hydroxyl groups is 2. The van der Waals surface area contributed by atoms with Gasteiger partial charge in [0.1, 0.15) is 17.2 Å². The van der Waals surface area contributed by atoms with Crippen molar-refractivity contribution >= 4 is 11.8 Å². The molecule has 0 bridgehead atoms. The van der Waals surface area contributed by atoms with E-state index in [9.17, 15) is 19.8 Å². The van der Waals surface area contributed by atoms with Gasteiger partial charge in [0, 0.05) is 18.1 Å². The second kappa shape index (κ2) is 9.95. The Morgan fingerprint density at radius 2 is 1.37 bits per heavy atom. The lowest BCUT2D eigenvalue weighted by atomic mass is 9.78. The summed E-state index contributed by atoms with van der Waals surface area (Å²) < 4.78 is 5.42. The van der Waals surface area contributed by atoms with E-state index in [4.69, 9.17) is 4.74 Å². The van der Waals surface area contributed by atoms with Crippen LogP contribution < -0.4 is 4.74 Å². The van der Waals surface area contributed by atoms with Crippen molar-refractivity contribution < 1.29 is 24.5 Å². The molecule has 0 aliphatic heterocycles. The summed E-state index contributed by atoms with van der Waals surface area (Å²) in [4.78, 5) is 25.1. The van der Waals surface area contributed by atoms with Crippen molar-refractivity contribution in [2.75, 3.05) is 0 Å². The molecule has 0 atom stereocenters. The van der Waals surface area contributed by atoms with Gasteiger partial charge in [0.05, 0.1) is 5.56 Å². The molecular weight excluding hydrogens is 440 g/mol. The predicted molar refractivity (Wildman–Crippen MR) is 137 cm³/mol. The largest absolute Gasteiger partial charge is 0.507 e. The van der Waals surface area contributed by atoms with Crippen molar-refractivity contribution in [2.24, 2.45) is 0 Å². The molecular formula is C30H34O5. The molecule has 2 N–H and O–H groups in total. The molecule has 3 rings (SSSR count). The molecule has 0 aliphatic carbocycles. The first-order valence-corrected chi connectivity index (χ1v) is 11.8. The molecule has 0 aromatic heterocycles. The molecule has 5 nitrogen and oxygen atoms in total. The van der Waals surface area contributed by atoms with Crippen LogP contribution in [0.25, 0.3) is 0 Å². The number of carbonyl (C=O) groups excluding carboxylic acids is 2. The highest BCUT2D eigenvalue weighted by Gasteiger charge is 2.26. The molecule has 0 saturated carbocycles. The first kappa shape index (κ1) is 26.0. The maximum Gasteiger partial charge on any atom is 0.311 e. The second-order valence-corrected chi connectivity index (χ2v) is 10.9. The van der Waals surface area contributed by atoms with Crippen LogP contribution in [0.5, 0.6) is 17.2 Å². The minimum atomic E-state index is -0.450. The van der Waals surface area contributed by atoms with Gasteiger partial charge in [-0.15, -0.1) is 0 Å². The number of carbonyl (C=O) groups is 2. The van der Waals surface area contributed by atoms with Crippen molar-refractivity contribution in [2.45, 2.75) is 65.2 Å². The van der Waals surface area contributed by atoms with Gasteiger partial charge in [-0.1, -0.05) is 84.0 Å². The molecule has 0 spiro atoms. The number of ketones is 1. The SMILES string of the molecule is CC(C)(C)c1cc(CCC(=O)Oc2ccc(C(=O)c3ccccc3)c(O)c2)cc(C(C)(C)C)c1O. The summed E-state index contributed by atoms with van der Waals surface area (Å²) in [6.07, 6.45) is 0.575. The van der Waals surface area contributed by atoms with Gasteiger partial charge in [0.2, 0.25) is 0 Å². The number of benzene rings is 3. The van der Waals surface area contributed by atoms with E-state index < -0.39 is 5.97 Å². The van der Waals surface area contributed by atoms with Crippen molar-refractivity contribution in [1.29, 1.82) is 0 Å². The molecule has 3 aromatic carbocycles. The quantitative estimate of drug-likeness (QED) is 0.243. The topological polar surface area (TPSA) is 83.8 Å². The Kier molecular flexibility index (Phi) is 7.39. The van der Waals surface area contributed by atoms with Gasteiger partial charge in [0.25, 0.3) is 0 Å². The zero-order valence-corrected chi connectivity index (χ0v) is 21.3. The lowest BCUT2D eigenvalue weighted by Crippen LogP contribution is -2.18. The van der Waals surface area contributed by atoms with Gasteiger partial charge in [0.15, 0.2) is 5.78 Å². The summed E-state index contributed by atoms with van der Waals surface area (Å²) in [5.41, 5.74) is 2.74. The van der Waals surface area contributed by atoms with Crippen molar-refractivity contribution in [3.05, 3.63) is 88.5 Å². The number of phenols is 2. The summed E-state index contributed by atoms with van der Waals surface area (Å²) in [5, 5.41) is 21.2. The number of hydrogen-bond donors (Lipinski definition) is 2. The zero-order valence-electron chi connectivity index (χ0n) is 21.3. The van der Waals surface area contributed by atoms with Crippen LogP contribution >= 0.6 is 0 Å². The third-order valence-corrected chi connectivity index (χ3v) is 5.89. The smallest absolute Gasteiger partial charge is 0.311 e. The Labute approximate surface area is 207 Å². The fourth-order valence-electron chi connectivity index (χ4n) is 3.92. The van der Waals surface area contributed by atoms with Crippen molar-refractivity contribution in [1.82, 2.24) is 0 Å². The number of aryl methyl sites for hydroxylation is 1. The van der Waals surface area contributed by atoms with Crippen LogP contribution in [0.4, 0.5) is 0 Å². The Morgan fingerprint density at radius 1 is 0.800 bits per heavy atom. The van der Waals surface area contributed by atoms with E-state index in [2.05, 4.69) is 0 Å². The van der Waals surface area contributed by atoms with Crippen LogP contribution in [0.1, 0.15) is 80.6 Å². The van der Waals surface area contributed by atoms with E-state index in [1.54, 1.807) is 24.3 Å². The third-order valence-electron chi connectivity index (χ3n) is 5.89. The number of esters is 1. The van der Waals surface area contributed by atoms with E-state index in [1.165, 1.54) is 18.2 Å². The fourth-order valence-corrected chi connectivity index (χ4v) is 3.92. The monoisotopic (exact) mass is 474 g/mol. The summed E-state index contributed by atoms with van der Waals surface area (Å²) in [6, 6.07) is 16.8. The van der Waals surface area contributed by atoms with E-state index in [-0.39, 0.29) is 40.1 Å². The van der Waals surface area contributed by atoms with E-state index >= 15 is 0 Å². The predicted octanol–water partition coefficient (Wildman–Crippen LogP) is 6.46. The Balaban J connectivity index is 1.73. The molecule has 0 saturated heterocycles. The van der Waals surface area contributed by atoms with Crippen molar-refractivity contribution in [3.63, 3.8) is 0 Å². The number of rotatable bonds is 6. The van der Waals surface area contributed by atoms with Crippen LogP contribution in [0.2, 0.25) is 0 Å². The van der Waals surface area contributed by atoms with Gasteiger partial charge in [-0.2, -0.15) is 0 Å². The highest BCUT2D eigenvalue weighted by molar-refractivity contribution is 6.10. The highest BCUT2D eigenvalue weighted by atomic mass is 16.5. The molecule has 184 valence electrons.